The van der Waals surface area contributed by atoms with Gasteiger partial charge in [0.05, 0.1) is 0 Å². The van der Waals surface area contributed by atoms with Gasteiger partial charge in [-0.2, -0.15) is 0 Å². The molecule has 126 valence electrons. The molecular weight excluding hydrogens is 260 g/mol. The average molecular weight is 299 g/mol. The van der Waals surface area contributed by atoms with E-state index in [0.29, 0.717) is 6.61 Å². The van der Waals surface area contributed by atoms with E-state index in [4.69, 9.17) is 9.84 Å². The topological polar surface area (TPSA) is 29.5 Å². The second-order valence-electron chi connectivity index (χ2n) is 5.92. The molecule has 1 rings (SSSR count). The Kier molecular flexibility index (Phi) is 19.3. The van der Waals surface area contributed by atoms with E-state index >= 15 is 0 Å². The summed E-state index contributed by atoms with van der Waals surface area (Å²) in [5.74, 6) is 0. The summed E-state index contributed by atoms with van der Waals surface area (Å²) in [6.45, 7) is 4.61. The molecule has 0 aromatic rings. The smallest absolute Gasteiger partial charge is 0.0466 e. The third-order valence-corrected chi connectivity index (χ3v) is 3.75. The molecule has 0 bridgehead atoms. The van der Waals surface area contributed by atoms with Crippen LogP contribution in [0.25, 0.3) is 0 Å². The van der Waals surface area contributed by atoms with Gasteiger partial charge in [0, 0.05) is 19.8 Å². The van der Waals surface area contributed by atoms with Gasteiger partial charge >= 0.3 is 0 Å². The molecule has 0 aromatic carbocycles. The van der Waals surface area contributed by atoms with Crippen molar-refractivity contribution in [2.45, 2.75) is 90.4 Å². The van der Waals surface area contributed by atoms with E-state index in [2.05, 4.69) is 19.1 Å². The second kappa shape index (κ2) is 19.7. The summed E-state index contributed by atoms with van der Waals surface area (Å²) in [6, 6.07) is 0. The fraction of sp³-hybridized carbons (Fsp3) is 0.895. The van der Waals surface area contributed by atoms with Gasteiger partial charge in [-0.25, -0.2) is 0 Å². The van der Waals surface area contributed by atoms with Crippen molar-refractivity contribution in [3.05, 3.63) is 12.2 Å². The van der Waals surface area contributed by atoms with Crippen molar-refractivity contribution in [3.63, 3.8) is 0 Å². The number of allylic oxidation sites excluding steroid dienone is 2. The van der Waals surface area contributed by atoms with Crippen molar-refractivity contribution < 1.29 is 9.84 Å². The Balaban J connectivity index is 0.000000547. The zero-order chi connectivity index (χ0) is 15.4. The summed E-state index contributed by atoms with van der Waals surface area (Å²) >= 11 is 0. The summed E-state index contributed by atoms with van der Waals surface area (Å²) in [7, 11) is 0. The largest absolute Gasteiger partial charge is 0.396 e. The van der Waals surface area contributed by atoms with Crippen molar-refractivity contribution >= 4 is 0 Å². The Morgan fingerprint density at radius 1 is 0.762 bits per heavy atom. The summed E-state index contributed by atoms with van der Waals surface area (Å²) in [6.07, 6.45) is 21.2. The van der Waals surface area contributed by atoms with Crippen LogP contribution in [0.5, 0.6) is 0 Å². The molecule has 0 unspecified atom stereocenters. The lowest BCUT2D eigenvalue weighted by Gasteiger charge is -2.08. The minimum Gasteiger partial charge on any atom is -0.396 e. The molecule has 0 spiro atoms. The molecule has 0 amide bonds. The monoisotopic (exact) mass is 298 g/mol. The van der Waals surface area contributed by atoms with Crippen LogP contribution in [-0.2, 0) is 4.74 Å². The van der Waals surface area contributed by atoms with Crippen LogP contribution >= 0.6 is 0 Å². The number of hydrogen-bond donors (Lipinski definition) is 1. The molecular formula is C19H38O2. The highest BCUT2D eigenvalue weighted by Crippen LogP contribution is 2.06. The van der Waals surface area contributed by atoms with E-state index in [1.807, 2.05) is 0 Å². The summed E-state index contributed by atoms with van der Waals surface area (Å²) in [5, 5.41) is 8.60. The minimum atomic E-state index is 0.354. The summed E-state index contributed by atoms with van der Waals surface area (Å²) in [4.78, 5) is 0. The van der Waals surface area contributed by atoms with Gasteiger partial charge in [0.25, 0.3) is 0 Å². The van der Waals surface area contributed by atoms with Crippen LogP contribution in [0.15, 0.2) is 12.2 Å². The third-order valence-electron chi connectivity index (χ3n) is 3.75. The van der Waals surface area contributed by atoms with E-state index in [0.717, 1.165) is 19.6 Å². The minimum absolute atomic E-state index is 0.354. The highest BCUT2D eigenvalue weighted by atomic mass is 16.5. The molecule has 2 heteroatoms. The first-order valence-corrected chi connectivity index (χ1v) is 9.25. The molecule has 21 heavy (non-hydrogen) atoms. The van der Waals surface area contributed by atoms with Crippen LogP contribution in [0.2, 0.25) is 0 Å². The first-order valence-electron chi connectivity index (χ1n) is 9.25. The van der Waals surface area contributed by atoms with E-state index in [1.54, 1.807) is 0 Å². The zero-order valence-corrected chi connectivity index (χ0v) is 14.3. The van der Waals surface area contributed by atoms with Gasteiger partial charge in [-0.15, -0.1) is 0 Å². The van der Waals surface area contributed by atoms with Crippen LogP contribution in [0.1, 0.15) is 90.4 Å². The summed E-state index contributed by atoms with van der Waals surface area (Å²) in [5.41, 5.74) is 0. The lowest BCUT2D eigenvalue weighted by Crippen LogP contribution is -2.03. The Morgan fingerprint density at radius 2 is 1.33 bits per heavy atom. The maximum atomic E-state index is 8.60. The molecule has 1 fully saturated rings. The van der Waals surface area contributed by atoms with E-state index in [9.17, 15) is 0 Å². The number of unbranched alkanes of at least 4 members (excludes halogenated alkanes) is 8. The van der Waals surface area contributed by atoms with Gasteiger partial charge in [-0.05, 0) is 51.4 Å². The normalized spacial score (nSPS) is 15.0. The van der Waals surface area contributed by atoms with Crippen molar-refractivity contribution in [1.82, 2.24) is 0 Å². The number of aliphatic hydroxyl groups is 1. The third kappa shape index (κ3) is 19.7. The Morgan fingerprint density at radius 3 is 1.76 bits per heavy atom. The van der Waals surface area contributed by atoms with Crippen LogP contribution in [0, 0.1) is 0 Å². The first-order chi connectivity index (χ1) is 10.4. The van der Waals surface area contributed by atoms with Gasteiger partial charge in [0.15, 0.2) is 0 Å². The number of aliphatic hydroxyl groups excluding tert-OH is 1. The van der Waals surface area contributed by atoms with Crippen molar-refractivity contribution in [2.24, 2.45) is 0 Å². The molecule has 1 N–H and O–H groups in total. The maximum absolute atomic E-state index is 8.60. The van der Waals surface area contributed by atoms with Gasteiger partial charge in [-0.1, -0.05) is 51.2 Å². The Bertz CT molecular complexity index is 186. The van der Waals surface area contributed by atoms with Gasteiger partial charge in [0.2, 0.25) is 0 Å². The molecule has 0 radical (unpaired) electrons. The first kappa shape index (κ1) is 20.7. The van der Waals surface area contributed by atoms with Crippen molar-refractivity contribution in [1.29, 1.82) is 0 Å². The lowest BCUT2D eigenvalue weighted by molar-refractivity contribution is 0.0968. The maximum Gasteiger partial charge on any atom is 0.0466 e. The van der Waals surface area contributed by atoms with Crippen LogP contribution in [0.3, 0.4) is 0 Å². The molecule has 1 saturated heterocycles. The molecule has 1 aliphatic rings. The highest BCUT2D eigenvalue weighted by molar-refractivity contribution is 4.81. The molecule has 2 nitrogen and oxygen atoms in total. The molecule has 0 saturated carbocycles. The van der Waals surface area contributed by atoms with Crippen LogP contribution < -0.4 is 0 Å². The fourth-order valence-electron chi connectivity index (χ4n) is 2.34. The number of rotatable bonds is 11. The van der Waals surface area contributed by atoms with Gasteiger partial charge in [-0.3, -0.25) is 0 Å². The quantitative estimate of drug-likeness (QED) is 0.395. The second-order valence-corrected chi connectivity index (χ2v) is 5.92. The SMILES string of the molecule is C1CCOCC1.CCCCCC/C=C\CCCCCCO. The lowest BCUT2D eigenvalue weighted by atomic mass is 10.1. The molecule has 1 heterocycles. The Labute approximate surface area is 133 Å². The Hall–Kier alpha value is -0.340. The molecule has 0 atom stereocenters. The molecule has 0 aliphatic carbocycles. The number of hydrogen-bond acceptors (Lipinski definition) is 2. The van der Waals surface area contributed by atoms with E-state index in [1.165, 1.54) is 77.0 Å². The molecule has 0 aromatic heterocycles. The summed E-state index contributed by atoms with van der Waals surface area (Å²) < 4.78 is 5.07. The van der Waals surface area contributed by atoms with Crippen LogP contribution in [-0.4, -0.2) is 24.9 Å². The van der Waals surface area contributed by atoms with Gasteiger partial charge in [0.1, 0.15) is 0 Å². The van der Waals surface area contributed by atoms with Crippen LogP contribution in [0.4, 0.5) is 0 Å². The van der Waals surface area contributed by atoms with E-state index in [-0.39, 0.29) is 0 Å². The average Bonchev–Trinajstić information content (AvgIpc) is 2.55. The number of ether oxygens (including phenoxy) is 1. The predicted octanol–water partition coefficient (Wildman–Crippen LogP) is 5.64. The highest BCUT2D eigenvalue weighted by Gasteiger charge is 1.95. The van der Waals surface area contributed by atoms with E-state index < -0.39 is 0 Å². The molecule has 1 aliphatic heterocycles. The standard InChI is InChI=1S/C14H28O.C5H10O/c1-2-3-4-5-6-7-8-9-10-11-12-13-14-15;1-2-4-6-5-3-1/h7-8,15H,2-6,9-14H2,1H3;1-5H2/b8-7-;. The van der Waals surface area contributed by atoms with Gasteiger partial charge < -0.3 is 9.84 Å². The fourth-order valence-corrected chi connectivity index (χ4v) is 2.34. The predicted molar refractivity (Wildman–Crippen MR) is 92.7 cm³/mol. The zero-order valence-electron chi connectivity index (χ0n) is 14.3. The van der Waals surface area contributed by atoms with Crippen molar-refractivity contribution in [3.8, 4) is 0 Å². The van der Waals surface area contributed by atoms with Crippen molar-refractivity contribution in [2.75, 3.05) is 19.8 Å².